The lowest BCUT2D eigenvalue weighted by atomic mass is 10.2. The molecule has 0 bridgehead atoms. The zero-order valence-corrected chi connectivity index (χ0v) is 10.8. The van der Waals surface area contributed by atoms with E-state index in [9.17, 15) is 0 Å². The molecule has 0 saturated heterocycles. The van der Waals surface area contributed by atoms with E-state index in [0.29, 0.717) is 18.3 Å². The van der Waals surface area contributed by atoms with Crippen molar-refractivity contribution in [2.24, 2.45) is 0 Å². The van der Waals surface area contributed by atoms with Crippen molar-refractivity contribution in [1.82, 2.24) is 10.1 Å². The lowest BCUT2D eigenvalue weighted by Crippen LogP contribution is -1.98. The third kappa shape index (κ3) is 3.00. The average molecular weight is 247 g/mol. The average Bonchev–Trinajstić information content (AvgIpc) is 2.86. The zero-order valence-electron chi connectivity index (χ0n) is 10.8. The van der Waals surface area contributed by atoms with Crippen LogP contribution in [-0.4, -0.2) is 17.2 Å². The highest BCUT2D eigenvalue weighted by Crippen LogP contribution is 2.17. The van der Waals surface area contributed by atoms with Crippen molar-refractivity contribution < 1.29 is 9.26 Å². The van der Waals surface area contributed by atoms with Gasteiger partial charge in [0.2, 0.25) is 11.7 Å². The number of ether oxygens (including phenoxy) is 1. The van der Waals surface area contributed by atoms with Gasteiger partial charge in [-0.2, -0.15) is 4.98 Å². The minimum Gasteiger partial charge on any atom is -0.485 e. The molecule has 1 aromatic heterocycles. The fraction of sp³-hybridized carbons (Fsp3) is 0.385. The molecule has 2 rings (SSSR count). The molecule has 0 amide bonds. The van der Waals surface area contributed by atoms with Crippen LogP contribution in [0.5, 0.6) is 5.75 Å². The standard InChI is InChI=1S/C13H17N3O2/c1-9(2)13-15-12(16-18-13)8-17-11-6-4-10(14-3)5-7-11/h4-7,9,14H,8H2,1-3H3. The number of hydrogen-bond acceptors (Lipinski definition) is 5. The molecule has 18 heavy (non-hydrogen) atoms. The van der Waals surface area contributed by atoms with Crippen LogP contribution in [0.2, 0.25) is 0 Å². The van der Waals surface area contributed by atoms with Gasteiger partial charge in [0.15, 0.2) is 6.61 Å². The molecule has 0 radical (unpaired) electrons. The summed E-state index contributed by atoms with van der Waals surface area (Å²) in [6.07, 6.45) is 0. The van der Waals surface area contributed by atoms with Crippen LogP contribution in [0, 0.1) is 0 Å². The summed E-state index contributed by atoms with van der Waals surface area (Å²) in [5.74, 6) is 2.22. The molecule has 1 N–H and O–H groups in total. The predicted molar refractivity (Wildman–Crippen MR) is 68.7 cm³/mol. The summed E-state index contributed by atoms with van der Waals surface area (Å²) in [5, 5.41) is 6.91. The van der Waals surface area contributed by atoms with Crippen LogP contribution in [0.25, 0.3) is 0 Å². The fourth-order valence-electron chi connectivity index (χ4n) is 1.43. The van der Waals surface area contributed by atoms with Crippen molar-refractivity contribution in [1.29, 1.82) is 0 Å². The highest BCUT2D eigenvalue weighted by atomic mass is 16.5. The molecule has 0 atom stereocenters. The van der Waals surface area contributed by atoms with Crippen LogP contribution < -0.4 is 10.1 Å². The second-order valence-corrected chi connectivity index (χ2v) is 4.27. The summed E-state index contributed by atoms with van der Waals surface area (Å²) in [6.45, 7) is 4.33. The van der Waals surface area contributed by atoms with Crippen LogP contribution in [0.15, 0.2) is 28.8 Å². The molecule has 0 aliphatic heterocycles. The van der Waals surface area contributed by atoms with Crippen LogP contribution >= 0.6 is 0 Å². The molecule has 0 aliphatic rings. The highest BCUT2D eigenvalue weighted by molar-refractivity contribution is 5.45. The van der Waals surface area contributed by atoms with Gasteiger partial charge in [0, 0.05) is 18.7 Å². The van der Waals surface area contributed by atoms with Crippen LogP contribution in [0.3, 0.4) is 0 Å². The van der Waals surface area contributed by atoms with E-state index in [0.717, 1.165) is 11.4 Å². The van der Waals surface area contributed by atoms with Crippen LogP contribution in [-0.2, 0) is 6.61 Å². The Balaban J connectivity index is 1.93. The first-order valence-electron chi connectivity index (χ1n) is 5.92. The third-order valence-electron chi connectivity index (χ3n) is 2.49. The third-order valence-corrected chi connectivity index (χ3v) is 2.49. The van der Waals surface area contributed by atoms with E-state index >= 15 is 0 Å². The van der Waals surface area contributed by atoms with Gasteiger partial charge in [-0.25, -0.2) is 0 Å². The van der Waals surface area contributed by atoms with Crippen molar-refractivity contribution in [3.63, 3.8) is 0 Å². The van der Waals surface area contributed by atoms with Crippen LogP contribution in [0.4, 0.5) is 5.69 Å². The zero-order chi connectivity index (χ0) is 13.0. The number of benzene rings is 1. The maximum Gasteiger partial charge on any atom is 0.229 e. The first kappa shape index (κ1) is 12.4. The molecule has 0 unspecified atom stereocenters. The summed E-state index contributed by atoms with van der Waals surface area (Å²) in [4.78, 5) is 4.24. The van der Waals surface area contributed by atoms with Gasteiger partial charge < -0.3 is 14.6 Å². The van der Waals surface area contributed by atoms with E-state index in [4.69, 9.17) is 9.26 Å². The molecule has 0 saturated carbocycles. The number of nitrogens with one attached hydrogen (secondary N) is 1. The van der Waals surface area contributed by atoms with Crippen molar-refractivity contribution in [3.8, 4) is 5.75 Å². The second kappa shape index (κ2) is 5.53. The summed E-state index contributed by atoms with van der Waals surface area (Å²) in [5.41, 5.74) is 1.05. The maximum absolute atomic E-state index is 5.57. The Morgan fingerprint density at radius 3 is 2.56 bits per heavy atom. The number of anilines is 1. The molecule has 1 aromatic carbocycles. The van der Waals surface area contributed by atoms with Gasteiger partial charge in [0.05, 0.1) is 0 Å². The molecule has 2 aromatic rings. The lowest BCUT2D eigenvalue weighted by molar-refractivity contribution is 0.284. The Kier molecular flexibility index (Phi) is 3.82. The molecule has 5 heteroatoms. The highest BCUT2D eigenvalue weighted by Gasteiger charge is 2.09. The molecule has 96 valence electrons. The summed E-state index contributed by atoms with van der Waals surface area (Å²) < 4.78 is 10.7. The molecule has 5 nitrogen and oxygen atoms in total. The minimum atomic E-state index is 0.237. The minimum absolute atomic E-state index is 0.237. The smallest absolute Gasteiger partial charge is 0.229 e. The van der Waals surface area contributed by atoms with Crippen LogP contribution in [0.1, 0.15) is 31.5 Å². The Bertz CT molecular complexity index is 491. The van der Waals surface area contributed by atoms with E-state index in [1.165, 1.54) is 0 Å². The van der Waals surface area contributed by atoms with Gasteiger partial charge in [0.25, 0.3) is 0 Å². The van der Waals surface area contributed by atoms with Crippen molar-refractivity contribution in [2.75, 3.05) is 12.4 Å². The number of aromatic nitrogens is 2. The fourth-order valence-corrected chi connectivity index (χ4v) is 1.43. The largest absolute Gasteiger partial charge is 0.485 e. The molecular weight excluding hydrogens is 230 g/mol. The first-order valence-corrected chi connectivity index (χ1v) is 5.92. The molecule has 0 spiro atoms. The van der Waals surface area contributed by atoms with Gasteiger partial charge in [-0.3, -0.25) is 0 Å². The number of nitrogens with zero attached hydrogens (tertiary/aromatic N) is 2. The van der Waals surface area contributed by atoms with Gasteiger partial charge in [-0.15, -0.1) is 0 Å². The van der Waals surface area contributed by atoms with Gasteiger partial charge in [0.1, 0.15) is 5.75 Å². The van der Waals surface area contributed by atoms with Gasteiger partial charge >= 0.3 is 0 Å². The summed E-state index contributed by atoms with van der Waals surface area (Å²) in [7, 11) is 1.88. The van der Waals surface area contributed by atoms with Crippen molar-refractivity contribution in [2.45, 2.75) is 26.4 Å². The predicted octanol–water partition coefficient (Wildman–Crippen LogP) is 2.81. The Labute approximate surface area is 106 Å². The van der Waals surface area contributed by atoms with Crippen molar-refractivity contribution in [3.05, 3.63) is 36.0 Å². The number of rotatable bonds is 5. The monoisotopic (exact) mass is 247 g/mol. The Morgan fingerprint density at radius 1 is 1.28 bits per heavy atom. The van der Waals surface area contributed by atoms with E-state index < -0.39 is 0 Å². The maximum atomic E-state index is 5.57. The summed E-state index contributed by atoms with van der Waals surface area (Å²) in [6, 6.07) is 7.70. The van der Waals surface area contributed by atoms with E-state index in [1.807, 2.05) is 45.2 Å². The van der Waals surface area contributed by atoms with Gasteiger partial charge in [-0.1, -0.05) is 19.0 Å². The topological polar surface area (TPSA) is 60.2 Å². The van der Waals surface area contributed by atoms with Gasteiger partial charge in [-0.05, 0) is 24.3 Å². The second-order valence-electron chi connectivity index (χ2n) is 4.27. The quantitative estimate of drug-likeness (QED) is 0.880. The SMILES string of the molecule is CNc1ccc(OCc2noc(C(C)C)n2)cc1. The molecule has 0 aliphatic carbocycles. The molecule has 1 heterocycles. The molecule has 0 fully saturated rings. The first-order chi connectivity index (χ1) is 8.69. The van der Waals surface area contributed by atoms with Crippen molar-refractivity contribution >= 4 is 5.69 Å². The summed E-state index contributed by atoms with van der Waals surface area (Å²) >= 11 is 0. The van der Waals surface area contributed by atoms with E-state index in [-0.39, 0.29) is 5.92 Å². The van der Waals surface area contributed by atoms with E-state index in [2.05, 4.69) is 15.5 Å². The Morgan fingerprint density at radius 2 is 2.00 bits per heavy atom. The normalized spacial score (nSPS) is 10.7. The Hall–Kier alpha value is -2.04. The molecular formula is C13H17N3O2. The van der Waals surface area contributed by atoms with E-state index in [1.54, 1.807) is 0 Å². The number of hydrogen-bond donors (Lipinski definition) is 1. The lowest BCUT2D eigenvalue weighted by Gasteiger charge is -2.04.